The van der Waals surface area contributed by atoms with Gasteiger partial charge in [0, 0.05) is 6.61 Å². The van der Waals surface area contributed by atoms with Gasteiger partial charge in [0.05, 0.1) is 12.2 Å². The number of ether oxygens (including phenoxy) is 1. The van der Waals surface area contributed by atoms with E-state index >= 15 is 0 Å². The summed E-state index contributed by atoms with van der Waals surface area (Å²) in [6.07, 6.45) is 1.88. The van der Waals surface area contributed by atoms with Gasteiger partial charge in [0.2, 0.25) is 0 Å². The van der Waals surface area contributed by atoms with Crippen molar-refractivity contribution in [1.82, 2.24) is 0 Å². The SMILES string of the molecule is CCCOC[CH]OOC(=O)c1ccc(CC)cc1. The molecule has 99 valence electrons. The minimum absolute atomic E-state index is 0.301. The first-order valence-electron chi connectivity index (χ1n) is 6.14. The van der Waals surface area contributed by atoms with Crippen molar-refractivity contribution in [1.29, 1.82) is 0 Å². The first kappa shape index (κ1) is 14.7. The van der Waals surface area contributed by atoms with E-state index < -0.39 is 5.97 Å². The van der Waals surface area contributed by atoms with E-state index in [1.165, 1.54) is 12.2 Å². The molecule has 0 fully saturated rings. The minimum atomic E-state index is -0.510. The van der Waals surface area contributed by atoms with Crippen LogP contribution < -0.4 is 0 Å². The van der Waals surface area contributed by atoms with Crippen LogP contribution in [0.3, 0.4) is 0 Å². The summed E-state index contributed by atoms with van der Waals surface area (Å²) in [5, 5.41) is 0. The molecule has 0 atom stereocenters. The molecule has 18 heavy (non-hydrogen) atoms. The van der Waals surface area contributed by atoms with Crippen LogP contribution >= 0.6 is 0 Å². The van der Waals surface area contributed by atoms with Gasteiger partial charge in [0.15, 0.2) is 6.61 Å². The maximum atomic E-state index is 11.5. The molecular weight excluding hydrogens is 232 g/mol. The number of aryl methyl sites for hydroxylation is 1. The van der Waals surface area contributed by atoms with Crippen LogP contribution in [-0.2, 0) is 20.9 Å². The highest BCUT2D eigenvalue weighted by Gasteiger charge is 2.07. The maximum Gasteiger partial charge on any atom is 0.373 e. The van der Waals surface area contributed by atoms with Crippen molar-refractivity contribution in [3.05, 3.63) is 42.0 Å². The topological polar surface area (TPSA) is 44.8 Å². The van der Waals surface area contributed by atoms with E-state index in [4.69, 9.17) is 4.74 Å². The molecule has 0 amide bonds. The van der Waals surface area contributed by atoms with Crippen molar-refractivity contribution in [2.45, 2.75) is 26.7 Å². The molecule has 0 saturated carbocycles. The molecule has 0 aliphatic carbocycles. The standard InChI is InChI=1S/C14H19O4/c1-3-9-16-10-11-17-18-14(15)13-7-5-12(4-2)6-8-13/h5-8,11H,3-4,9-10H2,1-2H3. The molecule has 0 spiro atoms. The number of rotatable bonds is 8. The Balaban J connectivity index is 2.23. The molecule has 0 bridgehead atoms. The van der Waals surface area contributed by atoms with Gasteiger partial charge < -0.3 is 4.74 Å². The van der Waals surface area contributed by atoms with Gasteiger partial charge in [0.1, 0.15) is 0 Å². The fourth-order valence-electron chi connectivity index (χ4n) is 1.31. The lowest BCUT2D eigenvalue weighted by Gasteiger charge is -2.04. The summed E-state index contributed by atoms with van der Waals surface area (Å²) in [5.74, 6) is -0.510. The average molecular weight is 251 g/mol. The molecule has 0 aromatic heterocycles. The molecule has 0 aliphatic heterocycles. The molecular formula is C14H19O4. The Kier molecular flexibility index (Phi) is 7.06. The van der Waals surface area contributed by atoms with Gasteiger partial charge in [-0.2, -0.15) is 4.89 Å². The van der Waals surface area contributed by atoms with Crippen LogP contribution in [0.1, 0.15) is 36.2 Å². The lowest BCUT2D eigenvalue weighted by Crippen LogP contribution is -2.07. The van der Waals surface area contributed by atoms with Gasteiger partial charge in [0.25, 0.3) is 0 Å². The first-order valence-corrected chi connectivity index (χ1v) is 6.14. The summed E-state index contributed by atoms with van der Waals surface area (Å²) in [4.78, 5) is 20.8. The van der Waals surface area contributed by atoms with Crippen LogP contribution in [0.4, 0.5) is 0 Å². The Morgan fingerprint density at radius 2 is 1.94 bits per heavy atom. The number of carbonyl (C=O) groups excluding carboxylic acids is 1. The molecule has 1 aromatic carbocycles. The number of benzene rings is 1. The number of hydrogen-bond acceptors (Lipinski definition) is 4. The second-order valence-corrected chi connectivity index (χ2v) is 3.76. The molecule has 0 heterocycles. The summed E-state index contributed by atoms with van der Waals surface area (Å²) < 4.78 is 5.13. The van der Waals surface area contributed by atoms with Gasteiger partial charge >= 0.3 is 5.97 Å². The second kappa shape index (κ2) is 8.66. The Hall–Kier alpha value is -1.39. The van der Waals surface area contributed by atoms with Crippen molar-refractivity contribution >= 4 is 5.97 Å². The Labute approximate surface area is 108 Å². The molecule has 4 heteroatoms. The van der Waals surface area contributed by atoms with E-state index in [1.807, 2.05) is 19.1 Å². The Morgan fingerprint density at radius 1 is 1.22 bits per heavy atom. The lowest BCUT2D eigenvalue weighted by molar-refractivity contribution is -0.218. The van der Waals surface area contributed by atoms with E-state index in [0.717, 1.165) is 12.8 Å². The van der Waals surface area contributed by atoms with E-state index in [1.54, 1.807) is 12.1 Å². The summed E-state index contributed by atoms with van der Waals surface area (Å²) in [7, 11) is 0. The van der Waals surface area contributed by atoms with Gasteiger partial charge in [-0.05, 0) is 30.5 Å². The fraction of sp³-hybridized carbons (Fsp3) is 0.429. The van der Waals surface area contributed by atoms with E-state index in [-0.39, 0.29) is 0 Å². The van der Waals surface area contributed by atoms with Crippen molar-refractivity contribution in [3.8, 4) is 0 Å². The largest absolute Gasteiger partial charge is 0.378 e. The van der Waals surface area contributed by atoms with Crippen LogP contribution in [0.5, 0.6) is 0 Å². The Morgan fingerprint density at radius 3 is 2.56 bits per heavy atom. The van der Waals surface area contributed by atoms with Gasteiger partial charge in [-0.15, -0.1) is 0 Å². The monoisotopic (exact) mass is 251 g/mol. The van der Waals surface area contributed by atoms with Crippen molar-refractivity contribution in [3.63, 3.8) is 0 Å². The highest BCUT2D eigenvalue weighted by atomic mass is 17.2. The average Bonchev–Trinajstić information content (AvgIpc) is 2.42. The summed E-state index contributed by atoms with van der Waals surface area (Å²) in [6.45, 7) is 6.35. The smallest absolute Gasteiger partial charge is 0.373 e. The van der Waals surface area contributed by atoms with Crippen LogP contribution in [0.25, 0.3) is 0 Å². The van der Waals surface area contributed by atoms with E-state index in [0.29, 0.717) is 18.8 Å². The normalized spacial score (nSPS) is 10.3. The molecule has 1 radical (unpaired) electrons. The predicted octanol–water partition coefficient (Wildman–Crippen LogP) is 2.93. The van der Waals surface area contributed by atoms with Crippen molar-refractivity contribution in [2.24, 2.45) is 0 Å². The zero-order valence-corrected chi connectivity index (χ0v) is 10.8. The molecule has 0 N–H and O–H groups in total. The highest BCUT2D eigenvalue weighted by molar-refractivity contribution is 5.88. The second-order valence-electron chi connectivity index (χ2n) is 3.76. The molecule has 0 unspecified atom stereocenters. The van der Waals surface area contributed by atoms with E-state index in [9.17, 15) is 4.79 Å². The van der Waals surface area contributed by atoms with Gasteiger partial charge in [-0.25, -0.2) is 4.79 Å². The lowest BCUT2D eigenvalue weighted by atomic mass is 10.1. The summed E-state index contributed by atoms with van der Waals surface area (Å²) >= 11 is 0. The molecule has 4 nitrogen and oxygen atoms in total. The molecule has 0 saturated heterocycles. The quantitative estimate of drug-likeness (QED) is 0.405. The third kappa shape index (κ3) is 5.29. The van der Waals surface area contributed by atoms with Crippen LogP contribution in [0.15, 0.2) is 24.3 Å². The third-order valence-corrected chi connectivity index (χ3v) is 2.32. The van der Waals surface area contributed by atoms with E-state index in [2.05, 4.69) is 16.7 Å². The van der Waals surface area contributed by atoms with Crippen LogP contribution in [0.2, 0.25) is 0 Å². The summed E-state index contributed by atoms with van der Waals surface area (Å²) in [6, 6.07) is 7.23. The third-order valence-electron chi connectivity index (χ3n) is 2.32. The molecule has 1 aromatic rings. The first-order chi connectivity index (χ1) is 8.77. The number of carbonyl (C=O) groups is 1. The highest BCUT2D eigenvalue weighted by Crippen LogP contribution is 2.07. The van der Waals surface area contributed by atoms with Crippen molar-refractivity contribution < 1.29 is 19.3 Å². The Bertz CT molecular complexity index is 345. The van der Waals surface area contributed by atoms with Gasteiger partial charge in [-0.3, -0.25) is 4.89 Å². The fourth-order valence-corrected chi connectivity index (χ4v) is 1.31. The summed E-state index contributed by atoms with van der Waals surface area (Å²) in [5.41, 5.74) is 1.64. The minimum Gasteiger partial charge on any atom is -0.378 e. The van der Waals surface area contributed by atoms with Crippen LogP contribution in [-0.4, -0.2) is 19.2 Å². The molecule has 0 aliphatic rings. The maximum absolute atomic E-state index is 11.5. The zero-order chi connectivity index (χ0) is 13.2. The predicted molar refractivity (Wildman–Crippen MR) is 67.7 cm³/mol. The number of hydrogen-bond donors (Lipinski definition) is 0. The zero-order valence-electron chi connectivity index (χ0n) is 10.8. The van der Waals surface area contributed by atoms with Crippen molar-refractivity contribution in [2.75, 3.05) is 13.2 Å². The molecule has 1 rings (SSSR count). The van der Waals surface area contributed by atoms with Gasteiger partial charge in [-0.1, -0.05) is 26.0 Å². The van der Waals surface area contributed by atoms with Crippen LogP contribution in [0, 0.1) is 6.61 Å².